The highest BCUT2D eigenvalue weighted by Gasteiger charge is 2.28. The van der Waals surface area contributed by atoms with Crippen LogP contribution in [-0.2, 0) is 11.3 Å². The quantitative estimate of drug-likeness (QED) is 0.498. The molecule has 0 radical (unpaired) electrons. The minimum Gasteiger partial charge on any atom is -0.285 e. The second kappa shape index (κ2) is 7.72. The standard InChI is InChI=1S/C21H16FN3OS/c22-18-10-8-15(9-11-18)13-25-20(26)14-27-21(25)24-23-12-17-6-3-5-16-4-1-2-7-19(16)17/h1-12H,13-14H2/b23-12+,24-21+. The predicted octanol–water partition coefficient (Wildman–Crippen LogP) is 4.44. The minimum atomic E-state index is -0.297. The first-order valence-electron chi connectivity index (χ1n) is 8.47. The summed E-state index contributed by atoms with van der Waals surface area (Å²) in [7, 11) is 0. The van der Waals surface area contributed by atoms with Gasteiger partial charge in [0, 0.05) is 5.56 Å². The van der Waals surface area contributed by atoms with Crippen molar-refractivity contribution in [2.45, 2.75) is 6.54 Å². The van der Waals surface area contributed by atoms with Crippen molar-refractivity contribution in [3.8, 4) is 0 Å². The molecule has 0 unspecified atom stereocenters. The molecule has 0 aliphatic carbocycles. The first-order chi connectivity index (χ1) is 13.2. The van der Waals surface area contributed by atoms with E-state index in [1.807, 2.05) is 30.3 Å². The maximum atomic E-state index is 13.1. The number of amides is 1. The molecule has 1 aliphatic rings. The predicted molar refractivity (Wildman–Crippen MR) is 108 cm³/mol. The van der Waals surface area contributed by atoms with Crippen molar-refractivity contribution >= 4 is 39.8 Å². The minimum absolute atomic E-state index is 0.0246. The van der Waals surface area contributed by atoms with Crippen LogP contribution in [0, 0.1) is 5.82 Å². The maximum absolute atomic E-state index is 13.1. The number of hydrogen-bond donors (Lipinski definition) is 0. The first kappa shape index (κ1) is 17.4. The number of thioether (sulfide) groups is 1. The van der Waals surface area contributed by atoms with Crippen LogP contribution in [0.2, 0.25) is 0 Å². The zero-order chi connectivity index (χ0) is 18.6. The summed E-state index contributed by atoms with van der Waals surface area (Å²) < 4.78 is 13.1. The van der Waals surface area contributed by atoms with Gasteiger partial charge in [0.25, 0.3) is 0 Å². The van der Waals surface area contributed by atoms with Gasteiger partial charge in [-0.15, -0.1) is 5.10 Å². The molecule has 3 aromatic carbocycles. The molecule has 0 N–H and O–H groups in total. The molecular weight excluding hydrogens is 361 g/mol. The Hall–Kier alpha value is -2.99. The van der Waals surface area contributed by atoms with Gasteiger partial charge in [-0.25, -0.2) is 4.39 Å². The van der Waals surface area contributed by atoms with Crippen LogP contribution in [0.15, 0.2) is 76.9 Å². The lowest BCUT2D eigenvalue weighted by Crippen LogP contribution is -2.28. The molecule has 6 heteroatoms. The highest BCUT2D eigenvalue weighted by atomic mass is 32.2. The number of hydrogen-bond acceptors (Lipinski definition) is 4. The number of amidine groups is 1. The molecule has 1 saturated heterocycles. The van der Waals surface area contributed by atoms with E-state index >= 15 is 0 Å². The Labute approximate surface area is 160 Å². The Kier molecular flexibility index (Phi) is 4.98. The molecule has 1 fully saturated rings. The number of fused-ring (bicyclic) bond motifs is 1. The smallest absolute Gasteiger partial charge is 0.239 e. The molecule has 0 bridgehead atoms. The highest BCUT2D eigenvalue weighted by molar-refractivity contribution is 8.15. The number of benzene rings is 3. The van der Waals surface area contributed by atoms with Crippen LogP contribution >= 0.6 is 11.8 Å². The molecule has 4 nitrogen and oxygen atoms in total. The average Bonchev–Trinajstić information content (AvgIpc) is 3.03. The van der Waals surface area contributed by atoms with Crippen molar-refractivity contribution in [1.29, 1.82) is 0 Å². The summed E-state index contributed by atoms with van der Waals surface area (Å²) >= 11 is 1.36. The SMILES string of the molecule is O=C1CS/C(=N/N=C/c2cccc3ccccc23)N1Cc1ccc(F)cc1. The van der Waals surface area contributed by atoms with Crippen molar-refractivity contribution in [3.05, 3.63) is 83.7 Å². The van der Waals surface area contributed by atoms with Gasteiger partial charge in [0.15, 0.2) is 5.17 Å². The van der Waals surface area contributed by atoms with Crippen LogP contribution in [0.25, 0.3) is 10.8 Å². The van der Waals surface area contributed by atoms with Gasteiger partial charge in [0.1, 0.15) is 5.82 Å². The topological polar surface area (TPSA) is 45.0 Å². The van der Waals surface area contributed by atoms with Crippen molar-refractivity contribution in [2.24, 2.45) is 10.2 Å². The van der Waals surface area contributed by atoms with Crippen molar-refractivity contribution in [3.63, 3.8) is 0 Å². The molecule has 0 aromatic heterocycles. The summed E-state index contributed by atoms with van der Waals surface area (Å²) in [5.74, 6) is 0.0157. The lowest BCUT2D eigenvalue weighted by Gasteiger charge is -2.15. The molecule has 4 rings (SSSR count). The fourth-order valence-corrected chi connectivity index (χ4v) is 3.74. The summed E-state index contributed by atoms with van der Waals surface area (Å²) in [6.07, 6.45) is 1.70. The molecule has 1 aliphatic heterocycles. The third-order valence-corrected chi connectivity index (χ3v) is 5.23. The van der Waals surface area contributed by atoms with E-state index in [1.54, 1.807) is 23.2 Å². The second-order valence-electron chi connectivity index (χ2n) is 6.09. The average molecular weight is 377 g/mol. The summed E-state index contributed by atoms with van der Waals surface area (Å²) in [5, 5.41) is 11.2. The molecule has 3 aromatic rings. The fraction of sp³-hybridized carbons (Fsp3) is 0.0952. The van der Waals surface area contributed by atoms with Crippen LogP contribution in [-0.4, -0.2) is 27.9 Å². The van der Waals surface area contributed by atoms with Gasteiger partial charge >= 0.3 is 0 Å². The van der Waals surface area contributed by atoms with Crippen LogP contribution in [0.4, 0.5) is 4.39 Å². The van der Waals surface area contributed by atoms with E-state index in [1.165, 1.54) is 23.9 Å². The second-order valence-corrected chi connectivity index (χ2v) is 7.03. The van der Waals surface area contributed by atoms with Gasteiger partial charge in [-0.2, -0.15) is 5.10 Å². The number of carbonyl (C=O) groups is 1. The zero-order valence-corrected chi connectivity index (χ0v) is 15.2. The van der Waals surface area contributed by atoms with Gasteiger partial charge in [-0.1, -0.05) is 66.4 Å². The van der Waals surface area contributed by atoms with E-state index in [2.05, 4.69) is 22.3 Å². The lowest BCUT2D eigenvalue weighted by molar-refractivity contribution is -0.124. The Morgan fingerprint density at radius 1 is 1.04 bits per heavy atom. The number of rotatable bonds is 4. The fourth-order valence-electron chi connectivity index (χ4n) is 2.90. The molecular formula is C21H16FN3OS. The van der Waals surface area contributed by atoms with Gasteiger partial charge < -0.3 is 0 Å². The largest absolute Gasteiger partial charge is 0.285 e. The summed E-state index contributed by atoms with van der Waals surface area (Å²) in [6, 6.07) is 20.2. The zero-order valence-electron chi connectivity index (χ0n) is 14.4. The van der Waals surface area contributed by atoms with Crippen LogP contribution in [0.5, 0.6) is 0 Å². The number of halogens is 1. The van der Waals surface area contributed by atoms with Gasteiger partial charge in [-0.05, 0) is 28.5 Å². The maximum Gasteiger partial charge on any atom is 0.239 e. The summed E-state index contributed by atoms with van der Waals surface area (Å²) in [5.41, 5.74) is 1.81. The third-order valence-electron chi connectivity index (χ3n) is 4.27. The molecule has 134 valence electrons. The van der Waals surface area contributed by atoms with E-state index in [4.69, 9.17) is 0 Å². The molecule has 27 heavy (non-hydrogen) atoms. The number of nitrogens with zero attached hydrogens (tertiary/aromatic N) is 3. The van der Waals surface area contributed by atoms with Crippen molar-refractivity contribution in [1.82, 2.24) is 4.90 Å². The molecule has 0 atom stereocenters. The Morgan fingerprint density at radius 3 is 2.67 bits per heavy atom. The Bertz CT molecular complexity index is 1040. The highest BCUT2D eigenvalue weighted by Crippen LogP contribution is 2.22. The van der Waals surface area contributed by atoms with Gasteiger partial charge in [-0.3, -0.25) is 9.69 Å². The van der Waals surface area contributed by atoms with Crippen LogP contribution in [0.3, 0.4) is 0 Å². The van der Waals surface area contributed by atoms with Gasteiger partial charge in [0.2, 0.25) is 5.91 Å². The van der Waals surface area contributed by atoms with E-state index in [9.17, 15) is 9.18 Å². The molecule has 1 amide bonds. The lowest BCUT2D eigenvalue weighted by atomic mass is 10.1. The van der Waals surface area contributed by atoms with Crippen molar-refractivity contribution < 1.29 is 9.18 Å². The Balaban J connectivity index is 1.55. The normalized spacial score (nSPS) is 16.1. The summed E-state index contributed by atoms with van der Waals surface area (Å²) in [4.78, 5) is 13.7. The first-order valence-corrected chi connectivity index (χ1v) is 9.46. The monoisotopic (exact) mass is 377 g/mol. The van der Waals surface area contributed by atoms with E-state index in [0.29, 0.717) is 17.5 Å². The molecule has 0 spiro atoms. The number of carbonyl (C=O) groups excluding carboxylic acids is 1. The molecule has 0 saturated carbocycles. The summed E-state index contributed by atoms with van der Waals surface area (Å²) in [6.45, 7) is 0.356. The Morgan fingerprint density at radius 2 is 1.81 bits per heavy atom. The van der Waals surface area contributed by atoms with Gasteiger partial charge in [0.05, 0.1) is 18.5 Å². The van der Waals surface area contributed by atoms with Crippen molar-refractivity contribution in [2.75, 3.05) is 5.75 Å². The third kappa shape index (κ3) is 3.90. The van der Waals surface area contributed by atoms with E-state index in [0.717, 1.165) is 21.9 Å². The van der Waals surface area contributed by atoms with Crippen LogP contribution in [0.1, 0.15) is 11.1 Å². The van der Waals surface area contributed by atoms with E-state index in [-0.39, 0.29) is 11.7 Å². The van der Waals surface area contributed by atoms with E-state index < -0.39 is 0 Å². The van der Waals surface area contributed by atoms with Crippen LogP contribution < -0.4 is 0 Å². The molecule has 1 heterocycles.